The largest absolute Gasteiger partial charge is 0.503 e. The number of hydrogen-bond donors (Lipinski definition) is 5. The van der Waals surface area contributed by atoms with E-state index in [4.69, 9.17) is 10.8 Å². The van der Waals surface area contributed by atoms with Gasteiger partial charge in [0.25, 0.3) is 5.91 Å². The molecule has 0 unspecified atom stereocenters. The highest BCUT2D eigenvalue weighted by Crippen LogP contribution is 2.03. The van der Waals surface area contributed by atoms with E-state index in [-0.39, 0.29) is 5.69 Å². The van der Waals surface area contributed by atoms with Crippen LogP contribution in [0.3, 0.4) is 0 Å². The maximum absolute atomic E-state index is 11.9. The number of pyridine rings is 1. The molecule has 1 heterocycles. The van der Waals surface area contributed by atoms with E-state index in [9.17, 15) is 14.8 Å². The molecule has 0 aromatic carbocycles. The van der Waals surface area contributed by atoms with Gasteiger partial charge in [-0.15, -0.1) is 0 Å². The van der Waals surface area contributed by atoms with Gasteiger partial charge in [0.2, 0.25) is 5.43 Å². The highest BCUT2D eigenvalue weighted by molar-refractivity contribution is 5.92. The van der Waals surface area contributed by atoms with Gasteiger partial charge in [-0.2, -0.15) is 4.73 Å². The molecule has 0 saturated carbocycles. The normalized spacial score (nSPS) is 11.9. The van der Waals surface area contributed by atoms with E-state index in [0.29, 0.717) is 35.8 Å². The molecular weight excluding hydrogens is 326 g/mol. The summed E-state index contributed by atoms with van der Waals surface area (Å²) in [5, 5.41) is 24.4. The van der Waals surface area contributed by atoms with Gasteiger partial charge in [0.1, 0.15) is 11.5 Å². The summed E-state index contributed by atoms with van der Waals surface area (Å²) >= 11 is 0. The van der Waals surface area contributed by atoms with Crippen molar-refractivity contribution in [2.45, 2.75) is 19.8 Å². The van der Waals surface area contributed by atoms with Crippen molar-refractivity contribution in [1.29, 1.82) is 0 Å². The lowest BCUT2D eigenvalue weighted by atomic mass is 10.2. The van der Waals surface area contributed by atoms with Crippen molar-refractivity contribution in [2.75, 3.05) is 13.1 Å². The third-order valence-electron chi connectivity index (χ3n) is 3.20. The Bertz CT molecular complexity index is 737. The van der Waals surface area contributed by atoms with Gasteiger partial charge in [-0.3, -0.25) is 9.59 Å². The second kappa shape index (κ2) is 9.81. The summed E-state index contributed by atoms with van der Waals surface area (Å²) in [6, 6.07) is 0.865. The minimum Gasteiger partial charge on any atom is -0.503 e. The SMILES string of the molecule is C=C/C(NCCCCNC(=O)c1cc(=O)c(O)cn1O)=C(N)\N=C/C. The maximum Gasteiger partial charge on any atom is 0.271 e. The molecule has 0 bridgehead atoms. The van der Waals surface area contributed by atoms with Crippen molar-refractivity contribution < 1.29 is 15.1 Å². The molecule has 1 amide bonds. The van der Waals surface area contributed by atoms with Gasteiger partial charge < -0.3 is 26.7 Å². The van der Waals surface area contributed by atoms with Crippen molar-refractivity contribution in [3.8, 4) is 5.75 Å². The van der Waals surface area contributed by atoms with Gasteiger partial charge in [-0.05, 0) is 25.8 Å². The van der Waals surface area contributed by atoms with Crippen LogP contribution in [0.15, 0.2) is 46.2 Å². The molecule has 6 N–H and O–H groups in total. The Hall–Kier alpha value is -3.23. The number of aliphatic imine (C=N–C) groups is 1. The summed E-state index contributed by atoms with van der Waals surface area (Å²) < 4.78 is 0.409. The van der Waals surface area contributed by atoms with Crippen LogP contribution in [0.1, 0.15) is 30.3 Å². The molecule has 9 nitrogen and oxygen atoms in total. The molecule has 0 aliphatic heterocycles. The Kier molecular flexibility index (Phi) is 7.77. The van der Waals surface area contributed by atoms with Crippen LogP contribution < -0.4 is 21.8 Å². The minimum absolute atomic E-state index is 0.247. The van der Waals surface area contributed by atoms with Gasteiger partial charge in [0, 0.05) is 25.4 Å². The van der Waals surface area contributed by atoms with E-state index < -0.39 is 17.1 Å². The van der Waals surface area contributed by atoms with Crippen LogP contribution in [-0.2, 0) is 0 Å². The fourth-order valence-corrected chi connectivity index (χ4v) is 1.92. The van der Waals surface area contributed by atoms with Gasteiger partial charge in [-0.25, -0.2) is 4.99 Å². The zero-order valence-electron chi connectivity index (χ0n) is 14.0. The summed E-state index contributed by atoms with van der Waals surface area (Å²) in [7, 11) is 0. The zero-order chi connectivity index (χ0) is 18.8. The second-order valence-electron chi connectivity index (χ2n) is 5.03. The Labute approximate surface area is 145 Å². The van der Waals surface area contributed by atoms with Gasteiger partial charge in [0.05, 0.1) is 11.9 Å². The number of nitrogens with zero attached hydrogens (tertiary/aromatic N) is 2. The lowest BCUT2D eigenvalue weighted by Gasteiger charge is -2.10. The van der Waals surface area contributed by atoms with Crippen LogP contribution in [0.4, 0.5) is 0 Å². The first kappa shape index (κ1) is 19.8. The zero-order valence-corrected chi connectivity index (χ0v) is 14.0. The lowest BCUT2D eigenvalue weighted by molar-refractivity contribution is 0.0896. The number of aromatic hydroxyl groups is 1. The Balaban J connectivity index is 2.40. The van der Waals surface area contributed by atoms with Gasteiger partial charge >= 0.3 is 0 Å². The molecule has 9 heteroatoms. The average molecular weight is 349 g/mol. The summed E-state index contributed by atoms with van der Waals surface area (Å²) in [5.41, 5.74) is 5.39. The van der Waals surface area contributed by atoms with E-state index in [1.807, 2.05) is 0 Å². The summed E-state index contributed by atoms with van der Waals surface area (Å²) in [6.07, 6.45) is 5.33. The van der Waals surface area contributed by atoms with E-state index in [1.54, 1.807) is 19.2 Å². The number of unbranched alkanes of at least 4 members (excludes halogenated alkanes) is 1. The van der Waals surface area contributed by atoms with Crippen molar-refractivity contribution in [1.82, 2.24) is 15.4 Å². The number of carbonyl (C=O) groups is 1. The molecule has 0 aliphatic rings. The van der Waals surface area contributed by atoms with Crippen LogP contribution in [0, 0.1) is 0 Å². The second-order valence-corrected chi connectivity index (χ2v) is 5.03. The molecule has 0 radical (unpaired) electrons. The number of amides is 1. The number of carbonyl (C=O) groups excluding carboxylic acids is 1. The first-order valence-corrected chi connectivity index (χ1v) is 7.68. The van der Waals surface area contributed by atoms with Crippen LogP contribution in [0.2, 0.25) is 0 Å². The first-order chi connectivity index (χ1) is 11.9. The molecule has 0 atom stereocenters. The molecule has 1 rings (SSSR count). The lowest BCUT2D eigenvalue weighted by Crippen LogP contribution is -2.29. The van der Waals surface area contributed by atoms with Crippen LogP contribution in [0.25, 0.3) is 0 Å². The van der Waals surface area contributed by atoms with E-state index in [1.165, 1.54) is 0 Å². The monoisotopic (exact) mass is 349 g/mol. The quantitative estimate of drug-likeness (QED) is 0.188. The van der Waals surface area contributed by atoms with Gasteiger partial charge in [0.15, 0.2) is 5.75 Å². The topological polar surface area (TPSA) is 142 Å². The maximum atomic E-state index is 11.9. The van der Waals surface area contributed by atoms with Crippen molar-refractivity contribution in [2.24, 2.45) is 10.7 Å². The van der Waals surface area contributed by atoms with Crippen LogP contribution in [-0.4, -0.2) is 40.3 Å². The number of nitrogens with one attached hydrogen (secondary N) is 2. The van der Waals surface area contributed by atoms with Crippen LogP contribution >= 0.6 is 0 Å². The molecule has 136 valence electrons. The van der Waals surface area contributed by atoms with Crippen LogP contribution in [0.5, 0.6) is 5.75 Å². The number of nitrogens with two attached hydrogens (primary N) is 1. The molecule has 0 saturated heterocycles. The molecule has 0 fully saturated rings. The van der Waals surface area contributed by atoms with E-state index in [2.05, 4.69) is 22.2 Å². The van der Waals surface area contributed by atoms with Crippen molar-refractivity contribution in [3.05, 3.63) is 52.4 Å². The molecule has 0 spiro atoms. The predicted molar refractivity (Wildman–Crippen MR) is 94.7 cm³/mol. The highest BCUT2D eigenvalue weighted by atomic mass is 16.5. The first-order valence-electron chi connectivity index (χ1n) is 7.68. The number of aromatic nitrogens is 1. The number of allylic oxidation sites excluding steroid dienone is 1. The third kappa shape index (κ3) is 6.05. The smallest absolute Gasteiger partial charge is 0.271 e. The third-order valence-corrected chi connectivity index (χ3v) is 3.20. The molecular formula is C16H23N5O4. The Morgan fingerprint density at radius 1 is 1.40 bits per heavy atom. The average Bonchev–Trinajstić information content (AvgIpc) is 2.57. The predicted octanol–water partition coefficient (Wildman–Crippen LogP) is 0.295. The molecule has 25 heavy (non-hydrogen) atoms. The number of hydrogen-bond acceptors (Lipinski definition) is 7. The molecule has 1 aromatic heterocycles. The standard InChI is InChI=1S/C16H23N5O4/c1-3-11(15(17)18-4-2)19-7-5-6-8-20-16(24)12-9-13(22)14(23)10-21(12)25/h3-4,9-10,19,23,25H,1,5-8,17H2,2H3,(H,20,24)/b15-11+,18-4-. The van der Waals surface area contributed by atoms with E-state index >= 15 is 0 Å². The fourth-order valence-electron chi connectivity index (χ4n) is 1.92. The summed E-state index contributed by atoms with van der Waals surface area (Å²) in [6.45, 7) is 6.38. The summed E-state index contributed by atoms with van der Waals surface area (Å²) in [4.78, 5) is 27.2. The molecule has 1 aromatic rings. The minimum atomic E-state index is -0.740. The number of rotatable bonds is 9. The summed E-state index contributed by atoms with van der Waals surface area (Å²) in [5.74, 6) is -0.900. The van der Waals surface area contributed by atoms with E-state index in [0.717, 1.165) is 18.7 Å². The van der Waals surface area contributed by atoms with Gasteiger partial charge in [-0.1, -0.05) is 6.58 Å². The Morgan fingerprint density at radius 2 is 2.04 bits per heavy atom. The fraction of sp³-hybridized carbons (Fsp3) is 0.312. The van der Waals surface area contributed by atoms with Crippen molar-refractivity contribution in [3.63, 3.8) is 0 Å². The Morgan fingerprint density at radius 3 is 2.64 bits per heavy atom. The highest BCUT2D eigenvalue weighted by Gasteiger charge is 2.12. The molecule has 0 aliphatic carbocycles. The van der Waals surface area contributed by atoms with Crippen molar-refractivity contribution >= 4 is 12.1 Å².